The van der Waals surface area contributed by atoms with Gasteiger partial charge >= 0.3 is 0 Å². The van der Waals surface area contributed by atoms with Gasteiger partial charge < -0.3 is 15.0 Å². The molecular formula is C14H17BrN2O2. The fourth-order valence-corrected chi connectivity index (χ4v) is 2.36. The average molecular weight is 325 g/mol. The number of amides is 1. The number of ether oxygens (including phenoxy) is 1. The lowest BCUT2D eigenvalue weighted by atomic mass is 10.1. The fourth-order valence-electron chi connectivity index (χ4n) is 2.00. The first-order valence-corrected chi connectivity index (χ1v) is 7.33. The first-order valence-electron chi connectivity index (χ1n) is 6.21. The Morgan fingerprint density at radius 3 is 3.05 bits per heavy atom. The maximum Gasteiger partial charge on any atom is 0.220 e. The predicted octanol–water partition coefficient (Wildman–Crippen LogP) is 2.62. The Morgan fingerprint density at radius 1 is 1.47 bits per heavy atom. The number of aromatic nitrogens is 1. The van der Waals surface area contributed by atoms with Gasteiger partial charge in [-0.2, -0.15) is 0 Å². The van der Waals surface area contributed by atoms with E-state index in [1.165, 1.54) is 5.56 Å². The molecule has 0 aliphatic rings. The first kappa shape index (κ1) is 13.9. The van der Waals surface area contributed by atoms with Gasteiger partial charge in [0, 0.05) is 35.4 Å². The molecule has 0 atom stereocenters. The van der Waals surface area contributed by atoms with E-state index in [1.54, 1.807) is 7.11 Å². The molecule has 0 aliphatic heterocycles. The lowest BCUT2D eigenvalue weighted by molar-refractivity contribution is -0.120. The molecule has 102 valence electrons. The molecule has 0 unspecified atom stereocenters. The summed E-state index contributed by atoms with van der Waals surface area (Å²) < 4.78 is 5.23. The van der Waals surface area contributed by atoms with E-state index in [0.717, 1.165) is 23.1 Å². The number of aromatic amines is 1. The zero-order chi connectivity index (χ0) is 13.7. The van der Waals surface area contributed by atoms with Gasteiger partial charge in [-0.3, -0.25) is 4.79 Å². The van der Waals surface area contributed by atoms with E-state index >= 15 is 0 Å². The van der Waals surface area contributed by atoms with Gasteiger partial charge in [0.15, 0.2) is 0 Å². The van der Waals surface area contributed by atoms with Crippen molar-refractivity contribution in [2.45, 2.75) is 12.8 Å². The second kappa shape index (κ2) is 6.61. The number of carbonyl (C=O) groups is 1. The van der Waals surface area contributed by atoms with Crippen LogP contribution in [0.2, 0.25) is 0 Å². The molecule has 0 spiro atoms. The summed E-state index contributed by atoms with van der Waals surface area (Å²) in [4.78, 5) is 14.6. The highest BCUT2D eigenvalue weighted by atomic mass is 79.9. The Kier molecular flexibility index (Phi) is 4.85. The van der Waals surface area contributed by atoms with E-state index in [1.807, 2.05) is 24.4 Å². The number of benzene rings is 1. The van der Waals surface area contributed by atoms with Crippen LogP contribution in [-0.2, 0) is 11.2 Å². The van der Waals surface area contributed by atoms with Gasteiger partial charge in [-0.05, 0) is 30.2 Å². The van der Waals surface area contributed by atoms with Crippen LogP contribution in [0.15, 0.2) is 24.4 Å². The SMILES string of the molecule is COc1ccc2[nH]cc(CCNC(=O)CCBr)c2c1. The number of halogens is 1. The average Bonchev–Trinajstić information content (AvgIpc) is 2.81. The summed E-state index contributed by atoms with van der Waals surface area (Å²) in [6.45, 7) is 0.649. The number of fused-ring (bicyclic) bond motifs is 1. The molecule has 1 heterocycles. The van der Waals surface area contributed by atoms with E-state index in [0.29, 0.717) is 18.3 Å². The summed E-state index contributed by atoms with van der Waals surface area (Å²) in [5.74, 6) is 0.922. The lowest BCUT2D eigenvalue weighted by Gasteiger charge is -2.04. The Labute approximate surface area is 120 Å². The molecule has 1 aromatic carbocycles. The van der Waals surface area contributed by atoms with Crippen molar-refractivity contribution >= 4 is 32.7 Å². The molecule has 1 amide bonds. The number of carbonyl (C=O) groups excluding carboxylic acids is 1. The molecule has 0 saturated carbocycles. The first-order chi connectivity index (χ1) is 9.24. The maximum absolute atomic E-state index is 11.4. The van der Waals surface area contributed by atoms with Gasteiger partial charge in [0.2, 0.25) is 5.91 Å². The second-order valence-electron chi connectivity index (χ2n) is 4.26. The Bertz CT molecular complexity index is 566. The van der Waals surface area contributed by atoms with Crippen LogP contribution in [0.25, 0.3) is 10.9 Å². The number of nitrogens with one attached hydrogen (secondary N) is 2. The smallest absolute Gasteiger partial charge is 0.220 e. The van der Waals surface area contributed by atoms with Crippen molar-refractivity contribution in [1.82, 2.24) is 10.3 Å². The van der Waals surface area contributed by atoms with Crippen molar-refractivity contribution in [3.8, 4) is 5.75 Å². The van der Waals surface area contributed by atoms with Crippen LogP contribution in [0, 0.1) is 0 Å². The molecule has 0 aliphatic carbocycles. The lowest BCUT2D eigenvalue weighted by Crippen LogP contribution is -2.25. The number of hydrogen-bond donors (Lipinski definition) is 2. The zero-order valence-corrected chi connectivity index (χ0v) is 12.4. The number of hydrogen-bond acceptors (Lipinski definition) is 2. The van der Waals surface area contributed by atoms with Gasteiger partial charge in [0.25, 0.3) is 0 Å². The third-order valence-corrected chi connectivity index (χ3v) is 3.41. The molecule has 2 rings (SSSR count). The topological polar surface area (TPSA) is 54.1 Å². The summed E-state index contributed by atoms with van der Waals surface area (Å²) in [6.07, 6.45) is 3.31. The van der Waals surface area contributed by atoms with Crippen LogP contribution in [0.4, 0.5) is 0 Å². The fraction of sp³-hybridized carbons (Fsp3) is 0.357. The molecule has 5 heteroatoms. The highest BCUT2D eigenvalue weighted by molar-refractivity contribution is 9.09. The highest BCUT2D eigenvalue weighted by Crippen LogP contribution is 2.23. The van der Waals surface area contributed by atoms with Gasteiger partial charge in [-0.1, -0.05) is 15.9 Å². The number of H-pyrrole nitrogens is 1. The molecule has 19 heavy (non-hydrogen) atoms. The quantitative estimate of drug-likeness (QED) is 0.802. The minimum absolute atomic E-state index is 0.0781. The van der Waals surface area contributed by atoms with E-state index in [2.05, 4.69) is 26.2 Å². The molecule has 2 N–H and O–H groups in total. The third-order valence-electron chi connectivity index (χ3n) is 3.01. The Morgan fingerprint density at radius 2 is 2.32 bits per heavy atom. The summed E-state index contributed by atoms with van der Waals surface area (Å²) in [6, 6.07) is 5.95. The van der Waals surface area contributed by atoms with E-state index < -0.39 is 0 Å². The Hall–Kier alpha value is -1.49. The van der Waals surface area contributed by atoms with Crippen molar-refractivity contribution in [3.63, 3.8) is 0 Å². The molecule has 0 fully saturated rings. The largest absolute Gasteiger partial charge is 0.497 e. The zero-order valence-electron chi connectivity index (χ0n) is 10.8. The normalized spacial score (nSPS) is 10.6. The molecular weight excluding hydrogens is 308 g/mol. The highest BCUT2D eigenvalue weighted by Gasteiger charge is 2.06. The summed E-state index contributed by atoms with van der Waals surface area (Å²) >= 11 is 3.25. The van der Waals surface area contributed by atoms with Crippen LogP contribution in [0.3, 0.4) is 0 Å². The van der Waals surface area contributed by atoms with Crippen molar-refractivity contribution in [1.29, 1.82) is 0 Å². The van der Waals surface area contributed by atoms with Crippen LogP contribution in [0.5, 0.6) is 5.75 Å². The van der Waals surface area contributed by atoms with Crippen molar-refractivity contribution in [2.75, 3.05) is 19.0 Å². The van der Waals surface area contributed by atoms with Crippen LogP contribution < -0.4 is 10.1 Å². The summed E-state index contributed by atoms with van der Waals surface area (Å²) in [5, 5.41) is 4.75. The van der Waals surface area contributed by atoms with Crippen molar-refractivity contribution in [3.05, 3.63) is 30.0 Å². The molecule has 4 nitrogen and oxygen atoms in total. The molecule has 0 bridgehead atoms. The number of methoxy groups -OCH3 is 1. The standard InChI is InChI=1S/C14H17BrN2O2/c1-19-11-2-3-13-12(8-11)10(9-17-13)5-7-16-14(18)4-6-15/h2-3,8-9,17H,4-7H2,1H3,(H,16,18). The minimum Gasteiger partial charge on any atom is -0.497 e. The number of alkyl halides is 1. The molecule has 1 aromatic heterocycles. The van der Waals surface area contributed by atoms with E-state index in [9.17, 15) is 4.79 Å². The van der Waals surface area contributed by atoms with Gasteiger partial charge in [0.05, 0.1) is 7.11 Å². The van der Waals surface area contributed by atoms with Crippen molar-refractivity contribution in [2.24, 2.45) is 0 Å². The van der Waals surface area contributed by atoms with E-state index in [4.69, 9.17) is 4.74 Å². The minimum atomic E-state index is 0.0781. The summed E-state index contributed by atoms with van der Waals surface area (Å²) in [7, 11) is 1.66. The van der Waals surface area contributed by atoms with Crippen LogP contribution in [0.1, 0.15) is 12.0 Å². The molecule has 0 saturated heterocycles. The third kappa shape index (κ3) is 3.50. The number of rotatable bonds is 6. The van der Waals surface area contributed by atoms with Gasteiger partial charge in [-0.25, -0.2) is 0 Å². The van der Waals surface area contributed by atoms with Crippen LogP contribution >= 0.6 is 15.9 Å². The molecule has 0 radical (unpaired) electrons. The van der Waals surface area contributed by atoms with E-state index in [-0.39, 0.29) is 5.91 Å². The van der Waals surface area contributed by atoms with Gasteiger partial charge in [0.1, 0.15) is 5.75 Å². The predicted molar refractivity (Wildman–Crippen MR) is 80.0 cm³/mol. The molecule has 2 aromatic rings. The van der Waals surface area contributed by atoms with Crippen LogP contribution in [-0.4, -0.2) is 29.9 Å². The summed E-state index contributed by atoms with van der Waals surface area (Å²) in [5.41, 5.74) is 2.27. The maximum atomic E-state index is 11.4. The monoisotopic (exact) mass is 324 g/mol. The van der Waals surface area contributed by atoms with Gasteiger partial charge in [-0.15, -0.1) is 0 Å². The Balaban J connectivity index is 2.02. The second-order valence-corrected chi connectivity index (χ2v) is 5.06. The van der Waals surface area contributed by atoms with Crippen molar-refractivity contribution < 1.29 is 9.53 Å².